The van der Waals surface area contributed by atoms with Crippen molar-refractivity contribution in [2.24, 2.45) is 10.2 Å². The minimum Gasteiger partial charge on any atom is -0.493 e. The van der Waals surface area contributed by atoms with E-state index in [0.717, 1.165) is 22.3 Å². The molecule has 0 bridgehead atoms. The fraction of sp³-hybridized carbons (Fsp3) is 0. The standard InChI is InChI=1S/C21H16N4OS/c26-20-19(23-24-21(27)22-15-9-3-1-4-10-15)17-13-7-8-14-18(17)25(20)16-11-5-2-6-12-16/h1-14,26H,(H,22,27). The third-order valence-electron chi connectivity index (χ3n) is 4.10. The lowest BCUT2D eigenvalue weighted by Crippen LogP contribution is -2.04. The van der Waals surface area contributed by atoms with Crippen LogP contribution in [-0.4, -0.2) is 14.8 Å². The van der Waals surface area contributed by atoms with Crippen molar-refractivity contribution in [1.82, 2.24) is 4.57 Å². The fourth-order valence-corrected chi connectivity index (χ4v) is 3.07. The zero-order valence-corrected chi connectivity index (χ0v) is 15.1. The molecular weight excluding hydrogens is 356 g/mol. The van der Waals surface area contributed by atoms with Crippen LogP contribution in [-0.2, 0) is 0 Å². The summed E-state index contributed by atoms with van der Waals surface area (Å²) in [5.41, 5.74) is 2.90. The summed E-state index contributed by atoms with van der Waals surface area (Å²) in [6, 6.07) is 26.8. The minimum absolute atomic E-state index is 0.0219. The van der Waals surface area contributed by atoms with Crippen LogP contribution in [0.1, 0.15) is 0 Å². The molecule has 6 heteroatoms. The van der Waals surface area contributed by atoms with Crippen molar-refractivity contribution in [3.8, 4) is 11.6 Å². The Morgan fingerprint density at radius 3 is 2.22 bits per heavy atom. The first-order valence-corrected chi connectivity index (χ1v) is 8.80. The maximum Gasteiger partial charge on any atom is 0.225 e. The second kappa shape index (κ2) is 7.39. The van der Waals surface area contributed by atoms with Crippen molar-refractivity contribution < 1.29 is 5.11 Å². The van der Waals surface area contributed by atoms with E-state index in [1.165, 1.54) is 0 Å². The first-order valence-electron chi connectivity index (χ1n) is 8.39. The van der Waals surface area contributed by atoms with Crippen LogP contribution in [0.5, 0.6) is 5.88 Å². The lowest BCUT2D eigenvalue weighted by Gasteiger charge is -2.06. The van der Waals surface area contributed by atoms with Gasteiger partial charge >= 0.3 is 0 Å². The van der Waals surface area contributed by atoms with Gasteiger partial charge in [0.25, 0.3) is 0 Å². The predicted octanol–water partition coefficient (Wildman–Crippen LogP) is 5.82. The largest absolute Gasteiger partial charge is 0.493 e. The van der Waals surface area contributed by atoms with Gasteiger partial charge in [0.1, 0.15) is 0 Å². The Morgan fingerprint density at radius 1 is 0.852 bits per heavy atom. The zero-order valence-electron chi connectivity index (χ0n) is 14.3. The Hall–Kier alpha value is -3.51. The van der Waals surface area contributed by atoms with Crippen LogP contribution in [0.15, 0.2) is 95.2 Å². The number of aromatic hydroxyl groups is 1. The van der Waals surface area contributed by atoms with Crippen LogP contribution in [0.3, 0.4) is 0 Å². The van der Waals surface area contributed by atoms with Crippen molar-refractivity contribution >= 4 is 39.6 Å². The van der Waals surface area contributed by atoms with Gasteiger partial charge in [-0.25, -0.2) is 0 Å². The van der Waals surface area contributed by atoms with E-state index in [9.17, 15) is 5.11 Å². The minimum atomic E-state index is 0.0219. The van der Waals surface area contributed by atoms with Gasteiger partial charge in [0.05, 0.1) is 5.52 Å². The molecule has 0 aliphatic rings. The van der Waals surface area contributed by atoms with Gasteiger partial charge in [-0.1, -0.05) is 54.6 Å². The molecule has 0 aliphatic carbocycles. The van der Waals surface area contributed by atoms with E-state index in [0.29, 0.717) is 5.69 Å². The zero-order chi connectivity index (χ0) is 18.6. The Balaban J connectivity index is 1.72. The van der Waals surface area contributed by atoms with E-state index in [1.54, 1.807) is 4.57 Å². The maximum atomic E-state index is 10.8. The van der Waals surface area contributed by atoms with E-state index < -0.39 is 0 Å². The summed E-state index contributed by atoms with van der Waals surface area (Å²) < 4.78 is 1.75. The first-order chi connectivity index (χ1) is 13.2. The highest BCUT2D eigenvalue weighted by Gasteiger charge is 2.17. The number of nitrogens with one attached hydrogen (secondary N) is 1. The summed E-state index contributed by atoms with van der Waals surface area (Å²) in [6.45, 7) is 0. The molecule has 1 aromatic heterocycles. The van der Waals surface area contributed by atoms with Crippen LogP contribution in [0.4, 0.5) is 11.4 Å². The number of thiocarbonyl (C=S) groups is 1. The first kappa shape index (κ1) is 16.9. The monoisotopic (exact) mass is 372 g/mol. The van der Waals surface area contributed by atoms with E-state index in [2.05, 4.69) is 15.5 Å². The SMILES string of the molecule is Oc1c(N=NC(=S)Nc2ccccc2)c2ccccc2n1-c1ccccc1. The smallest absolute Gasteiger partial charge is 0.225 e. The molecule has 0 amide bonds. The number of azo groups is 1. The summed E-state index contributed by atoms with van der Waals surface area (Å²) in [4.78, 5) is 0. The van der Waals surface area contributed by atoms with Gasteiger partial charge in [0, 0.05) is 16.8 Å². The molecule has 0 aliphatic heterocycles. The molecule has 132 valence electrons. The number of para-hydroxylation sites is 3. The quantitative estimate of drug-likeness (QED) is 0.352. The van der Waals surface area contributed by atoms with E-state index in [4.69, 9.17) is 12.2 Å². The Kier molecular flexibility index (Phi) is 4.63. The van der Waals surface area contributed by atoms with Crippen molar-refractivity contribution in [3.05, 3.63) is 84.9 Å². The predicted molar refractivity (Wildman–Crippen MR) is 112 cm³/mol. The molecule has 0 fully saturated rings. The van der Waals surface area contributed by atoms with Gasteiger partial charge in [-0.05, 0) is 42.5 Å². The number of benzene rings is 3. The number of hydrogen-bond acceptors (Lipinski definition) is 3. The number of anilines is 1. The van der Waals surface area contributed by atoms with Crippen molar-refractivity contribution in [3.63, 3.8) is 0 Å². The highest BCUT2D eigenvalue weighted by Crippen LogP contribution is 2.40. The topological polar surface area (TPSA) is 61.9 Å². The van der Waals surface area contributed by atoms with Crippen molar-refractivity contribution in [2.45, 2.75) is 0 Å². The average Bonchev–Trinajstić information content (AvgIpc) is 2.99. The number of fused-ring (bicyclic) bond motifs is 1. The normalized spacial score (nSPS) is 11.1. The van der Waals surface area contributed by atoms with Gasteiger partial charge in [0.2, 0.25) is 11.0 Å². The lowest BCUT2D eigenvalue weighted by molar-refractivity contribution is 0.446. The number of nitrogens with zero attached hydrogens (tertiary/aromatic N) is 3. The second-order valence-corrected chi connectivity index (χ2v) is 6.24. The maximum absolute atomic E-state index is 10.8. The van der Waals surface area contributed by atoms with Gasteiger partial charge < -0.3 is 10.4 Å². The molecule has 0 radical (unpaired) electrons. The molecule has 1 heterocycles. The summed E-state index contributed by atoms with van der Waals surface area (Å²) in [5, 5.41) is 23.1. The number of rotatable bonds is 3. The third-order valence-corrected chi connectivity index (χ3v) is 4.29. The molecule has 27 heavy (non-hydrogen) atoms. The van der Waals surface area contributed by atoms with E-state index in [1.807, 2.05) is 84.9 Å². The van der Waals surface area contributed by atoms with E-state index >= 15 is 0 Å². The summed E-state index contributed by atoms with van der Waals surface area (Å²) in [6.07, 6.45) is 0. The molecule has 0 spiro atoms. The molecule has 4 rings (SSSR count). The molecule has 0 saturated heterocycles. The second-order valence-electron chi connectivity index (χ2n) is 5.86. The average molecular weight is 372 g/mol. The van der Waals surface area contributed by atoms with Gasteiger partial charge in [-0.2, -0.15) is 0 Å². The Morgan fingerprint density at radius 2 is 1.48 bits per heavy atom. The number of aromatic nitrogens is 1. The molecular formula is C21H16N4OS. The molecule has 4 aromatic rings. The van der Waals surface area contributed by atoms with Gasteiger partial charge in [-0.3, -0.25) is 4.57 Å². The molecule has 0 unspecified atom stereocenters. The Bertz CT molecular complexity index is 1120. The van der Waals surface area contributed by atoms with Crippen LogP contribution in [0.2, 0.25) is 0 Å². The van der Waals surface area contributed by atoms with Crippen LogP contribution in [0, 0.1) is 0 Å². The third kappa shape index (κ3) is 3.43. The highest BCUT2D eigenvalue weighted by atomic mass is 32.1. The highest BCUT2D eigenvalue weighted by molar-refractivity contribution is 7.80. The lowest BCUT2D eigenvalue weighted by atomic mass is 10.2. The van der Waals surface area contributed by atoms with Crippen LogP contribution in [0.25, 0.3) is 16.6 Å². The van der Waals surface area contributed by atoms with Crippen LogP contribution >= 0.6 is 12.2 Å². The summed E-state index contributed by atoms with van der Waals surface area (Å²) in [7, 11) is 0. The van der Waals surface area contributed by atoms with Crippen molar-refractivity contribution in [2.75, 3.05) is 5.32 Å². The summed E-state index contributed by atoms with van der Waals surface area (Å²) in [5.74, 6) is 0.0219. The summed E-state index contributed by atoms with van der Waals surface area (Å²) >= 11 is 5.24. The fourth-order valence-electron chi connectivity index (χ4n) is 2.91. The van der Waals surface area contributed by atoms with Crippen LogP contribution < -0.4 is 5.32 Å². The molecule has 3 aromatic carbocycles. The van der Waals surface area contributed by atoms with Crippen molar-refractivity contribution in [1.29, 1.82) is 0 Å². The molecule has 0 saturated carbocycles. The molecule has 5 nitrogen and oxygen atoms in total. The van der Waals surface area contributed by atoms with Gasteiger partial charge in [-0.15, -0.1) is 10.2 Å². The van der Waals surface area contributed by atoms with Gasteiger partial charge in [0.15, 0.2) is 5.69 Å². The number of hydrogen-bond donors (Lipinski definition) is 2. The molecule has 0 atom stereocenters. The van der Waals surface area contributed by atoms with E-state index in [-0.39, 0.29) is 11.0 Å². The molecule has 2 N–H and O–H groups in total. The Labute approximate surface area is 161 Å².